The molecule has 0 aliphatic carbocycles. The van der Waals surface area contributed by atoms with Crippen molar-refractivity contribution in [3.8, 4) is 0 Å². The lowest BCUT2D eigenvalue weighted by Gasteiger charge is -2.18. The average molecular weight is 364 g/mol. The fraction of sp³-hybridized carbons (Fsp3) is 0.462. The van der Waals surface area contributed by atoms with Gasteiger partial charge in [0.15, 0.2) is 0 Å². The highest BCUT2D eigenvalue weighted by Gasteiger charge is 2.39. The molecule has 1 aliphatic rings. The molecule has 0 N–H and O–H groups in total. The van der Waals surface area contributed by atoms with Crippen molar-refractivity contribution in [2.75, 3.05) is 6.54 Å². The van der Waals surface area contributed by atoms with E-state index in [4.69, 9.17) is 0 Å². The van der Waals surface area contributed by atoms with Gasteiger partial charge in [-0.2, -0.15) is 0 Å². The number of rotatable bonds is 3. The van der Waals surface area contributed by atoms with Crippen LogP contribution in [0.5, 0.6) is 0 Å². The van der Waals surface area contributed by atoms with E-state index in [0.29, 0.717) is 0 Å². The summed E-state index contributed by atoms with van der Waals surface area (Å²) in [7, 11) is -3.97. The van der Waals surface area contributed by atoms with Crippen LogP contribution in [0.15, 0.2) is 27.6 Å². The van der Waals surface area contributed by atoms with Crippen LogP contribution < -0.4 is 0 Å². The molecule has 0 aromatic heterocycles. The molecule has 1 saturated heterocycles. The van der Waals surface area contributed by atoms with Gasteiger partial charge in [-0.25, -0.2) is 17.1 Å². The molecule has 1 aromatic rings. The highest BCUT2D eigenvalue weighted by atomic mass is 79.9. The number of halogens is 2. The molecule has 0 radical (unpaired) electrons. The number of carbonyl (C=O) groups is 1. The number of hydrogen-bond acceptors (Lipinski definition) is 3. The minimum absolute atomic E-state index is 0.0116. The van der Waals surface area contributed by atoms with Gasteiger partial charge in [0.05, 0.1) is 9.37 Å². The molecule has 0 saturated carbocycles. The molecule has 7 heteroatoms. The normalized spacial score (nSPS) is 19.9. The summed E-state index contributed by atoms with van der Waals surface area (Å²) in [6.45, 7) is 4.07. The Kier molecular flexibility index (Phi) is 4.20. The van der Waals surface area contributed by atoms with E-state index in [2.05, 4.69) is 15.9 Å². The molecule has 1 aromatic carbocycles. The van der Waals surface area contributed by atoms with Gasteiger partial charge in [0, 0.05) is 13.0 Å². The molecule has 1 amide bonds. The Morgan fingerprint density at radius 3 is 2.55 bits per heavy atom. The van der Waals surface area contributed by atoms with Gasteiger partial charge in [-0.1, -0.05) is 13.8 Å². The second-order valence-corrected chi connectivity index (χ2v) is 7.93. The molecular weight excluding hydrogens is 349 g/mol. The Morgan fingerprint density at radius 1 is 1.40 bits per heavy atom. The van der Waals surface area contributed by atoms with Gasteiger partial charge < -0.3 is 0 Å². The van der Waals surface area contributed by atoms with E-state index in [-0.39, 0.29) is 34.2 Å². The van der Waals surface area contributed by atoms with Gasteiger partial charge in [-0.3, -0.25) is 4.79 Å². The molecule has 1 atom stereocenters. The van der Waals surface area contributed by atoms with Crippen molar-refractivity contribution in [3.05, 3.63) is 28.5 Å². The first-order chi connectivity index (χ1) is 9.23. The SMILES string of the molecule is CC(C)C1CC(=O)N(S(=O)(=O)c2ccc(Br)c(F)c2)C1. The van der Waals surface area contributed by atoms with Crippen molar-refractivity contribution in [2.24, 2.45) is 11.8 Å². The fourth-order valence-electron chi connectivity index (χ4n) is 2.15. The molecule has 0 spiro atoms. The maximum atomic E-state index is 13.5. The van der Waals surface area contributed by atoms with Crippen molar-refractivity contribution in [1.82, 2.24) is 4.31 Å². The minimum Gasteiger partial charge on any atom is -0.274 e. The van der Waals surface area contributed by atoms with Gasteiger partial charge in [0.2, 0.25) is 5.91 Å². The molecular formula is C13H15BrFNO3S. The van der Waals surface area contributed by atoms with Gasteiger partial charge in [0.1, 0.15) is 5.82 Å². The average Bonchev–Trinajstić information content (AvgIpc) is 2.75. The lowest BCUT2D eigenvalue weighted by atomic mass is 9.95. The fourth-order valence-corrected chi connectivity index (χ4v) is 3.87. The number of hydrogen-bond donors (Lipinski definition) is 0. The standard InChI is InChI=1S/C13H15BrFNO3S/c1-8(2)9-5-13(17)16(7-9)20(18,19)10-3-4-11(14)12(15)6-10/h3-4,6,8-9H,5,7H2,1-2H3. The zero-order chi connectivity index (χ0) is 15.1. The third-order valence-electron chi connectivity index (χ3n) is 3.54. The predicted molar refractivity (Wildman–Crippen MR) is 75.9 cm³/mol. The van der Waals surface area contributed by atoms with Crippen LogP contribution in [-0.2, 0) is 14.8 Å². The maximum Gasteiger partial charge on any atom is 0.266 e. The Morgan fingerprint density at radius 2 is 2.05 bits per heavy atom. The van der Waals surface area contributed by atoms with Crippen molar-refractivity contribution in [3.63, 3.8) is 0 Å². The van der Waals surface area contributed by atoms with E-state index in [9.17, 15) is 17.6 Å². The molecule has 20 heavy (non-hydrogen) atoms. The van der Waals surface area contributed by atoms with E-state index in [0.717, 1.165) is 10.4 Å². The lowest BCUT2D eigenvalue weighted by molar-refractivity contribution is -0.123. The summed E-state index contributed by atoms with van der Waals surface area (Å²) < 4.78 is 39.3. The monoisotopic (exact) mass is 363 g/mol. The second-order valence-electron chi connectivity index (χ2n) is 5.21. The van der Waals surface area contributed by atoms with Gasteiger partial charge >= 0.3 is 0 Å². The van der Waals surface area contributed by atoms with Crippen LogP contribution in [0, 0.1) is 17.7 Å². The van der Waals surface area contributed by atoms with Gasteiger partial charge in [-0.15, -0.1) is 0 Å². The number of amides is 1. The summed E-state index contributed by atoms with van der Waals surface area (Å²) in [5.41, 5.74) is 0. The molecule has 1 heterocycles. The number of sulfonamides is 1. The molecule has 1 fully saturated rings. The Balaban J connectivity index is 2.35. The molecule has 1 unspecified atom stereocenters. The first-order valence-corrected chi connectivity index (χ1v) is 8.47. The lowest BCUT2D eigenvalue weighted by Crippen LogP contribution is -2.32. The molecule has 1 aliphatic heterocycles. The minimum atomic E-state index is -3.97. The first-order valence-electron chi connectivity index (χ1n) is 6.24. The topological polar surface area (TPSA) is 54.5 Å². The first kappa shape index (κ1) is 15.4. The number of benzene rings is 1. The second kappa shape index (κ2) is 5.44. The third-order valence-corrected chi connectivity index (χ3v) is 5.96. The van der Waals surface area contributed by atoms with Crippen LogP contribution in [0.4, 0.5) is 4.39 Å². The summed E-state index contributed by atoms with van der Waals surface area (Å²) in [5, 5.41) is 0. The van der Waals surface area contributed by atoms with E-state index in [1.54, 1.807) is 0 Å². The highest BCUT2D eigenvalue weighted by molar-refractivity contribution is 9.10. The molecule has 2 rings (SSSR count). The van der Waals surface area contributed by atoms with Crippen LogP contribution in [0.3, 0.4) is 0 Å². The van der Waals surface area contributed by atoms with E-state index >= 15 is 0 Å². The van der Waals surface area contributed by atoms with Crippen LogP contribution in [0.2, 0.25) is 0 Å². The number of nitrogens with zero attached hydrogens (tertiary/aromatic N) is 1. The maximum absolute atomic E-state index is 13.5. The van der Waals surface area contributed by atoms with Crippen molar-refractivity contribution < 1.29 is 17.6 Å². The van der Waals surface area contributed by atoms with E-state index < -0.39 is 21.7 Å². The van der Waals surface area contributed by atoms with Crippen LogP contribution in [0.1, 0.15) is 20.3 Å². The summed E-state index contributed by atoms with van der Waals surface area (Å²) >= 11 is 2.97. The van der Waals surface area contributed by atoms with E-state index in [1.165, 1.54) is 12.1 Å². The Hall–Kier alpha value is -0.950. The van der Waals surface area contributed by atoms with E-state index in [1.807, 2.05) is 13.8 Å². The van der Waals surface area contributed by atoms with Gasteiger partial charge in [0.25, 0.3) is 10.0 Å². The number of carbonyl (C=O) groups excluding carboxylic acids is 1. The summed E-state index contributed by atoms with van der Waals surface area (Å²) in [6, 6.07) is 3.54. The molecule has 110 valence electrons. The van der Waals surface area contributed by atoms with Crippen molar-refractivity contribution in [1.29, 1.82) is 0 Å². The highest BCUT2D eigenvalue weighted by Crippen LogP contribution is 2.30. The van der Waals surface area contributed by atoms with Crippen LogP contribution in [0.25, 0.3) is 0 Å². The van der Waals surface area contributed by atoms with Crippen LogP contribution >= 0.6 is 15.9 Å². The van der Waals surface area contributed by atoms with Crippen LogP contribution in [-0.4, -0.2) is 25.2 Å². The Labute approximate surface area is 126 Å². The largest absolute Gasteiger partial charge is 0.274 e. The predicted octanol–water partition coefficient (Wildman–Crippen LogP) is 2.78. The summed E-state index contributed by atoms with van der Waals surface area (Å²) in [6.07, 6.45) is 0.218. The van der Waals surface area contributed by atoms with Crippen molar-refractivity contribution in [2.45, 2.75) is 25.2 Å². The Bertz CT molecular complexity index is 645. The summed E-state index contributed by atoms with van der Waals surface area (Å²) in [5.74, 6) is -0.858. The zero-order valence-electron chi connectivity index (χ0n) is 11.1. The quantitative estimate of drug-likeness (QED) is 0.829. The van der Waals surface area contributed by atoms with Crippen molar-refractivity contribution >= 4 is 31.9 Å². The molecule has 4 nitrogen and oxygen atoms in total. The summed E-state index contributed by atoms with van der Waals surface area (Å²) in [4.78, 5) is 11.7. The zero-order valence-corrected chi connectivity index (χ0v) is 13.5. The smallest absolute Gasteiger partial charge is 0.266 e. The molecule has 0 bridgehead atoms. The third kappa shape index (κ3) is 2.74. The van der Waals surface area contributed by atoms with Gasteiger partial charge in [-0.05, 0) is 46.0 Å².